The topological polar surface area (TPSA) is 26.3 Å². The van der Waals surface area contributed by atoms with E-state index in [9.17, 15) is 4.79 Å². The van der Waals surface area contributed by atoms with E-state index in [1.165, 1.54) is 24.8 Å². The molecule has 0 saturated heterocycles. The van der Waals surface area contributed by atoms with Crippen LogP contribution < -0.4 is 4.74 Å². The normalized spacial score (nSPS) is 9.81. The summed E-state index contributed by atoms with van der Waals surface area (Å²) >= 11 is 0. The van der Waals surface area contributed by atoms with Gasteiger partial charge >= 0.3 is 5.97 Å². The Morgan fingerprint density at radius 3 is 2.56 bits per heavy atom. The maximum absolute atomic E-state index is 10.9. The molecule has 0 N–H and O–H groups in total. The molecule has 0 atom stereocenters. The fraction of sp³-hybridized carbons (Fsp3) is 0.357. The van der Waals surface area contributed by atoms with E-state index in [0.717, 1.165) is 12.5 Å². The van der Waals surface area contributed by atoms with E-state index in [2.05, 4.69) is 13.5 Å². The first-order valence-corrected chi connectivity index (χ1v) is 5.69. The summed E-state index contributed by atoms with van der Waals surface area (Å²) in [5.41, 5.74) is 1.28. The first-order valence-electron chi connectivity index (χ1n) is 5.69. The van der Waals surface area contributed by atoms with Crippen LogP contribution in [-0.2, 0) is 11.2 Å². The standard InChI is InChI=1S/C14H18O2/c1-3-5-6-7-12-8-10-13(11-9-12)16-14(15)4-2/h4,8-11H,2-3,5-7H2,1H3. The molecule has 0 aromatic heterocycles. The second kappa shape index (κ2) is 6.83. The van der Waals surface area contributed by atoms with Gasteiger partial charge in [0.1, 0.15) is 5.75 Å². The van der Waals surface area contributed by atoms with E-state index in [-0.39, 0.29) is 0 Å². The van der Waals surface area contributed by atoms with Crippen molar-refractivity contribution in [3.8, 4) is 5.75 Å². The summed E-state index contributed by atoms with van der Waals surface area (Å²) in [6.45, 7) is 5.54. The van der Waals surface area contributed by atoms with Crippen LogP contribution in [0.5, 0.6) is 5.75 Å². The lowest BCUT2D eigenvalue weighted by Crippen LogP contribution is -2.02. The summed E-state index contributed by atoms with van der Waals surface area (Å²) < 4.78 is 4.99. The summed E-state index contributed by atoms with van der Waals surface area (Å²) in [7, 11) is 0. The van der Waals surface area contributed by atoms with Crippen molar-refractivity contribution in [3.63, 3.8) is 0 Å². The Kier molecular flexibility index (Phi) is 5.34. The van der Waals surface area contributed by atoms with Crippen molar-refractivity contribution < 1.29 is 9.53 Å². The third-order valence-electron chi connectivity index (χ3n) is 2.38. The third-order valence-corrected chi connectivity index (χ3v) is 2.38. The minimum Gasteiger partial charge on any atom is -0.423 e. The Morgan fingerprint density at radius 1 is 1.31 bits per heavy atom. The van der Waals surface area contributed by atoms with Crippen molar-refractivity contribution in [1.82, 2.24) is 0 Å². The first-order chi connectivity index (χ1) is 7.76. The zero-order chi connectivity index (χ0) is 11.8. The average Bonchev–Trinajstić information content (AvgIpc) is 2.31. The number of benzene rings is 1. The molecule has 2 heteroatoms. The van der Waals surface area contributed by atoms with Gasteiger partial charge in [-0.05, 0) is 30.5 Å². The summed E-state index contributed by atoms with van der Waals surface area (Å²) in [4.78, 5) is 10.9. The first kappa shape index (κ1) is 12.5. The molecule has 0 saturated carbocycles. The fourth-order valence-corrected chi connectivity index (χ4v) is 1.46. The van der Waals surface area contributed by atoms with Gasteiger partial charge in [0.2, 0.25) is 0 Å². The molecule has 1 aromatic carbocycles. The van der Waals surface area contributed by atoms with Crippen LogP contribution in [0.4, 0.5) is 0 Å². The molecule has 86 valence electrons. The van der Waals surface area contributed by atoms with Crippen molar-refractivity contribution in [3.05, 3.63) is 42.5 Å². The van der Waals surface area contributed by atoms with E-state index >= 15 is 0 Å². The van der Waals surface area contributed by atoms with Crippen LogP contribution in [0, 0.1) is 0 Å². The SMILES string of the molecule is C=CC(=O)Oc1ccc(CCCCC)cc1. The van der Waals surface area contributed by atoms with E-state index in [0.29, 0.717) is 5.75 Å². The minimum atomic E-state index is -0.418. The Hall–Kier alpha value is -1.57. The van der Waals surface area contributed by atoms with E-state index < -0.39 is 5.97 Å². The summed E-state index contributed by atoms with van der Waals surface area (Å²) in [5, 5.41) is 0. The van der Waals surface area contributed by atoms with Gasteiger partial charge < -0.3 is 4.74 Å². The molecule has 0 amide bonds. The highest BCUT2D eigenvalue weighted by molar-refractivity contribution is 5.83. The molecule has 2 nitrogen and oxygen atoms in total. The number of carbonyl (C=O) groups excluding carboxylic acids is 1. The monoisotopic (exact) mass is 218 g/mol. The molecular weight excluding hydrogens is 200 g/mol. The second-order valence-electron chi connectivity index (χ2n) is 3.73. The summed E-state index contributed by atoms with van der Waals surface area (Å²) in [5.74, 6) is 0.155. The lowest BCUT2D eigenvalue weighted by Gasteiger charge is -2.03. The molecule has 1 aromatic rings. The van der Waals surface area contributed by atoms with Gasteiger partial charge in [-0.2, -0.15) is 0 Å². The maximum Gasteiger partial charge on any atom is 0.335 e. The molecule has 1 rings (SSSR count). The molecule has 0 unspecified atom stereocenters. The van der Waals surface area contributed by atoms with E-state index in [1.54, 1.807) is 0 Å². The Balaban J connectivity index is 2.47. The van der Waals surface area contributed by atoms with Crippen LogP contribution >= 0.6 is 0 Å². The van der Waals surface area contributed by atoms with Gasteiger partial charge in [-0.15, -0.1) is 0 Å². The molecule has 0 spiro atoms. The van der Waals surface area contributed by atoms with E-state index in [4.69, 9.17) is 4.74 Å². The van der Waals surface area contributed by atoms with Crippen molar-refractivity contribution >= 4 is 5.97 Å². The predicted molar refractivity (Wildman–Crippen MR) is 65.5 cm³/mol. The van der Waals surface area contributed by atoms with Crippen LogP contribution in [0.2, 0.25) is 0 Å². The van der Waals surface area contributed by atoms with Crippen molar-refractivity contribution in [1.29, 1.82) is 0 Å². The molecular formula is C14H18O2. The van der Waals surface area contributed by atoms with Crippen molar-refractivity contribution in [2.45, 2.75) is 32.6 Å². The zero-order valence-electron chi connectivity index (χ0n) is 9.74. The molecule has 0 heterocycles. The van der Waals surface area contributed by atoms with E-state index in [1.807, 2.05) is 24.3 Å². The van der Waals surface area contributed by atoms with Gasteiger partial charge in [-0.25, -0.2) is 4.79 Å². The number of ether oxygens (including phenoxy) is 1. The van der Waals surface area contributed by atoms with Crippen LogP contribution in [-0.4, -0.2) is 5.97 Å². The number of rotatable bonds is 6. The lowest BCUT2D eigenvalue weighted by atomic mass is 10.1. The molecule has 0 aliphatic rings. The maximum atomic E-state index is 10.9. The summed E-state index contributed by atoms with van der Waals surface area (Å²) in [6, 6.07) is 7.65. The van der Waals surface area contributed by atoms with Crippen LogP contribution in [0.15, 0.2) is 36.9 Å². The quantitative estimate of drug-likeness (QED) is 0.316. The smallest absolute Gasteiger partial charge is 0.335 e. The van der Waals surface area contributed by atoms with Crippen molar-refractivity contribution in [2.24, 2.45) is 0 Å². The fourth-order valence-electron chi connectivity index (χ4n) is 1.46. The van der Waals surface area contributed by atoms with Gasteiger partial charge in [-0.1, -0.05) is 38.5 Å². The second-order valence-corrected chi connectivity index (χ2v) is 3.73. The lowest BCUT2D eigenvalue weighted by molar-refractivity contribution is -0.128. The number of hydrogen-bond donors (Lipinski definition) is 0. The molecule has 0 fully saturated rings. The van der Waals surface area contributed by atoms with Gasteiger partial charge in [0, 0.05) is 6.08 Å². The largest absolute Gasteiger partial charge is 0.423 e. The van der Waals surface area contributed by atoms with Crippen molar-refractivity contribution in [2.75, 3.05) is 0 Å². The number of esters is 1. The number of hydrogen-bond acceptors (Lipinski definition) is 2. The zero-order valence-corrected chi connectivity index (χ0v) is 9.74. The molecule has 0 bridgehead atoms. The Bertz CT molecular complexity index is 338. The van der Waals surface area contributed by atoms with Gasteiger partial charge in [0.15, 0.2) is 0 Å². The molecule has 16 heavy (non-hydrogen) atoms. The number of unbranched alkanes of at least 4 members (excludes halogenated alkanes) is 2. The van der Waals surface area contributed by atoms with Gasteiger partial charge in [0.25, 0.3) is 0 Å². The summed E-state index contributed by atoms with van der Waals surface area (Å²) in [6.07, 6.45) is 5.95. The van der Waals surface area contributed by atoms with Gasteiger partial charge in [-0.3, -0.25) is 0 Å². The molecule has 0 aliphatic carbocycles. The number of aryl methyl sites for hydroxylation is 1. The minimum absolute atomic E-state index is 0.418. The average molecular weight is 218 g/mol. The highest BCUT2D eigenvalue weighted by Gasteiger charge is 1.99. The van der Waals surface area contributed by atoms with Crippen LogP contribution in [0.3, 0.4) is 0 Å². The third kappa shape index (κ3) is 4.30. The predicted octanol–water partition coefficient (Wildman–Crippen LogP) is 3.51. The molecule has 0 aliphatic heterocycles. The molecule has 0 radical (unpaired) electrons. The highest BCUT2D eigenvalue weighted by Crippen LogP contribution is 2.14. The Labute approximate surface area is 96.9 Å². The number of carbonyl (C=O) groups is 1. The Morgan fingerprint density at radius 2 is 2.00 bits per heavy atom. The van der Waals surface area contributed by atoms with Crippen LogP contribution in [0.25, 0.3) is 0 Å². The van der Waals surface area contributed by atoms with Crippen LogP contribution in [0.1, 0.15) is 31.7 Å². The van der Waals surface area contributed by atoms with Gasteiger partial charge in [0.05, 0.1) is 0 Å². The highest BCUT2D eigenvalue weighted by atomic mass is 16.5.